The maximum atomic E-state index is 10.6. The van der Waals surface area contributed by atoms with Gasteiger partial charge in [-0.05, 0) is 5.92 Å². The molecule has 1 N–H and O–H groups in total. The Bertz CT molecular complexity index is 151. The van der Waals surface area contributed by atoms with Crippen LogP contribution in [0.2, 0.25) is 0 Å². The number of carboxylic acids is 1. The minimum atomic E-state index is -1.15. The maximum Gasteiger partial charge on any atom is 0.317 e. The van der Waals surface area contributed by atoms with E-state index in [1.807, 2.05) is 13.8 Å². The fourth-order valence-electron chi connectivity index (χ4n) is 0.434. The van der Waals surface area contributed by atoms with Crippen molar-refractivity contribution in [3.63, 3.8) is 0 Å². The van der Waals surface area contributed by atoms with Gasteiger partial charge < -0.3 is 9.84 Å². The molecule has 0 atom stereocenters. The third-order valence-corrected chi connectivity index (χ3v) is 0.873. The van der Waals surface area contributed by atoms with Crippen molar-refractivity contribution in [3.8, 4) is 0 Å². The van der Waals surface area contributed by atoms with Crippen molar-refractivity contribution in [1.82, 2.24) is 0 Å². The second-order valence-corrected chi connectivity index (χ2v) is 2.65. The first-order chi connectivity index (χ1) is 5.02. The summed E-state index contributed by atoms with van der Waals surface area (Å²) in [5.41, 5.74) is 0. The number of carbonyl (C=O) groups is 2. The van der Waals surface area contributed by atoms with Gasteiger partial charge in [-0.2, -0.15) is 0 Å². The van der Waals surface area contributed by atoms with Crippen molar-refractivity contribution in [2.24, 2.45) is 5.92 Å². The normalized spacial score (nSPS) is 9.73. The van der Waals surface area contributed by atoms with Crippen LogP contribution in [-0.2, 0) is 14.3 Å². The van der Waals surface area contributed by atoms with Gasteiger partial charge in [0.05, 0.1) is 6.61 Å². The first-order valence-electron chi connectivity index (χ1n) is 3.39. The smallest absolute Gasteiger partial charge is 0.317 e. The molecule has 0 amide bonds. The molecule has 0 aliphatic carbocycles. The Morgan fingerprint density at radius 1 is 1.45 bits per heavy atom. The SMILES string of the molecule is CC(C)COC(=O)CC(=O)O. The number of hydrogen-bond acceptors (Lipinski definition) is 3. The Hall–Kier alpha value is -1.06. The minimum Gasteiger partial charge on any atom is -0.481 e. The van der Waals surface area contributed by atoms with E-state index in [1.54, 1.807) is 0 Å². The minimum absolute atomic E-state index is 0.243. The van der Waals surface area contributed by atoms with Crippen LogP contribution in [0.25, 0.3) is 0 Å². The standard InChI is InChI=1S/C7H12O4/c1-5(2)4-11-7(10)3-6(8)9/h5H,3-4H2,1-2H3,(H,8,9). The molecule has 4 heteroatoms. The number of rotatable bonds is 4. The number of ether oxygens (including phenoxy) is 1. The topological polar surface area (TPSA) is 63.6 Å². The van der Waals surface area contributed by atoms with Crippen LogP contribution >= 0.6 is 0 Å². The lowest BCUT2D eigenvalue weighted by Crippen LogP contribution is -2.13. The van der Waals surface area contributed by atoms with E-state index in [0.717, 1.165) is 0 Å². The molecule has 0 heterocycles. The van der Waals surface area contributed by atoms with Crippen molar-refractivity contribution in [3.05, 3.63) is 0 Å². The fraction of sp³-hybridized carbons (Fsp3) is 0.714. The molecule has 0 aliphatic rings. The van der Waals surface area contributed by atoms with Crippen LogP contribution in [0.3, 0.4) is 0 Å². The number of hydrogen-bond donors (Lipinski definition) is 1. The van der Waals surface area contributed by atoms with Crippen LogP contribution in [-0.4, -0.2) is 23.7 Å². The Balaban J connectivity index is 3.46. The van der Waals surface area contributed by atoms with Gasteiger partial charge in [0.1, 0.15) is 6.42 Å². The zero-order valence-corrected chi connectivity index (χ0v) is 6.66. The van der Waals surface area contributed by atoms with Gasteiger partial charge in [-0.15, -0.1) is 0 Å². The summed E-state index contributed by atoms with van der Waals surface area (Å²) < 4.78 is 4.59. The molecule has 0 aromatic heterocycles. The fourth-order valence-corrected chi connectivity index (χ4v) is 0.434. The van der Waals surface area contributed by atoms with Gasteiger partial charge in [0, 0.05) is 0 Å². The zero-order valence-electron chi connectivity index (χ0n) is 6.66. The number of carboxylic acid groups (broad SMARTS) is 1. The van der Waals surface area contributed by atoms with Crippen molar-refractivity contribution in [2.45, 2.75) is 20.3 Å². The van der Waals surface area contributed by atoms with Gasteiger partial charge in [-0.25, -0.2) is 0 Å². The third-order valence-electron chi connectivity index (χ3n) is 0.873. The summed E-state index contributed by atoms with van der Waals surface area (Å²) >= 11 is 0. The van der Waals surface area contributed by atoms with Crippen LogP contribution in [0.15, 0.2) is 0 Å². The predicted molar refractivity (Wildman–Crippen MR) is 38.0 cm³/mol. The highest BCUT2D eigenvalue weighted by Gasteiger charge is 2.08. The Kier molecular flexibility index (Phi) is 4.26. The lowest BCUT2D eigenvalue weighted by molar-refractivity contribution is -0.152. The van der Waals surface area contributed by atoms with E-state index in [9.17, 15) is 9.59 Å². The van der Waals surface area contributed by atoms with E-state index in [2.05, 4.69) is 4.74 Å². The lowest BCUT2D eigenvalue weighted by Gasteiger charge is -2.04. The van der Waals surface area contributed by atoms with Gasteiger partial charge >= 0.3 is 11.9 Å². The molecular formula is C7H12O4. The summed E-state index contributed by atoms with van der Waals surface area (Å²) in [7, 11) is 0. The molecule has 0 aromatic carbocycles. The number of aliphatic carboxylic acids is 1. The summed E-state index contributed by atoms with van der Waals surface area (Å²) in [6.07, 6.45) is -0.549. The molecule has 0 spiro atoms. The third kappa shape index (κ3) is 6.83. The molecule has 0 aliphatic heterocycles. The average molecular weight is 160 g/mol. The van der Waals surface area contributed by atoms with Crippen LogP contribution in [0.1, 0.15) is 20.3 Å². The van der Waals surface area contributed by atoms with E-state index in [0.29, 0.717) is 0 Å². The highest BCUT2D eigenvalue weighted by atomic mass is 16.5. The molecule has 64 valence electrons. The van der Waals surface area contributed by atoms with Crippen molar-refractivity contribution in [1.29, 1.82) is 0 Å². The molecule has 11 heavy (non-hydrogen) atoms. The Morgan fingerprint density at radius 3 is 2.36 bits per heavy atom. The highest BCUT2D eigenvalue weighted by Crippen LogP contribution is 1.94. The van der Waals surface area contributed by atoms with Crippen molar-refractivity contribution >= 4 is 11.9 Å². The van der Waals surface area contributed by atoms with Gasteiger partial charge in [-0.1, -0.05) is 13.8 Å². The summed E-state index contributed by atoms with van der Waals surface area (Å²) in [4.78, 5) is 20.5. The summed E-state index contributed by atoms with van der Waals surface area (Å²) in [5, 5.41) is 8.15. The molecule has 0 saturated heterocycles. The quantitative estimate of drug-likeness (QED) is 0.484. The summed E-state index contributed by atoms with van der Waals surface area (Å²) in [5.74, 6) is -1.59. The molecule has 0 saturated carbocycles. The lowest BCUT2D eigenvalue weighted by atomic mass is 10.2. The second kappa shape index (κ2) is 4.71. The van der Waals surface area contributed by atoms with Crippen LogP contribution in [0.5, 0.6) is 0 Å². The molecule has 0 aromatic rings. The first-order valence-corrected chi connectivity index (χ1v) is 3.39. The van der Waals surface area contributed by atoms with Crippen LogP contribution in [0.4, 0.5) is 0 Å². The van der Waals surface area contributed by atoms with E-state index < -0.39 is 18.4 Å². The van der Waals surface area contributed by atoms with E-state index >= 15 is 0 Å². The van der Waals surface area contributed by atoms with E-state index in [-0.39, 0.29) is 12.5 Å². The maximum absolute atomic E-state index is 10.6. The van der Waals surface area contributed by atoms with Crippen LogP contribution < -0.4 is 0 Å². The molecule has 0 rings (SSSR count). The molecule has 0 bridgehead atoms. The molecule has 4 nitrogen and oxygen atoms in total. The monoisotopic (exact) mass is 160 g/mol. The Morgan fingerprint density at radius 2 is 2.00 bits per heavy atom. The largest absolute Gasteiger partial charge is 0.481 e. The van der Waals surface area contributed by atoms with Gasteiger partial charge in [0.25, 0.3) is 0 Å². The first kappa shape index (κ1) is 9.94. The second-order valence-electron chi connectivity index (χ2n) is 2.65. The van der Waals surface area contributed by atoms with E-state index in [1.165, 1.54) is 0 Å². The van der Waals surface area contributed by atoms with Gasteiger partial charge in [0.15, 0.2) is 0 Å². The summed E-state index contributed by atoms with van der Waals surface area (Å²) in [6.45, 7) is 4.05. The average Bonchev–Trinajstić information content (AvgIpc) is 1.82. The number of esters is 1. The van der Waals surface area contributed by atoms with Gasteiger partial charge in [0.2, 0.25) is 0 Å². The number of carbonyl (C=O) groups excluding carboxylic acids is 1. The zero-order chi connectivity index (χ0) is 8.85. The molecule has 0 fully saturated rings. The molecular weight excluding hydrogens is 148 g/mol. The van der Waals surface area contributed by atoms with Crippen molar-refractivity contribution in [2.75, 3.05) is 6.61 Å². The van der Waals surface area contributed by atoms with E-state index in [4.69, 9.17) is 5.11 Å². The molecule has 0 unspecified atom stereocenters. The predicted octanol–water partition coefficient (Wildman–Crippen LogP) is 0.660. The molecule has 0 radical (unpaired) electrons. The van der Waals surface area contributed by atoms with Crippen LogP contribution in [0, 0.1) is 5.92 Å². The summed E-state index contributed by atoms with van der Waals surface area (Å²) in [6, 6.07) is 0. The highest BCUT2D eigenvalue weighted by molar-refractivity contribution is 5.90. The van der Waals surface area contributed by atoms with Gasteiger partial charge in [-0.3, -0.25) is 9.59 Å². The van der Waals surface area contributed by atoms with Crippen molar-refractivity contribution < 1.29 is 19.4 Å². The Labute approximate surface area is 65.2 Å².